The minimum Gasteiger partial charge on any atom is -0.457 e. The number of ether oxygens (including phenoxy) is 1. The number of aryl methyl sites for hydroxylation is 1. The molecule has 0 unspecified atom stereocenters. The molecule has 36 heavy (non-hydrogen) atoms. The average molecular weight is 475 g/mol. The maximum Gasteiger partial charge on any atom is 0.300 e. The quantitative estimate of drug-likeness (QED) is 0.328. The Labute approximate surface area is 207 Å². The van der Waals surface area contributed by atoms with Gasteiger partial charge in [-0.05, 0) is 73.7 Å². The van der Waals surface area contributed by atoms with Crippen LogP contribution in [0.3, 0.4) is 0 Å². The van der Waals surface area contributed by atoms with Gasteiger partial charge >= 0.3 is 0 Å². The van der Waals surface area contributed by atoms with Crippen molar-refractivity contribution in [1.82, 2.24) is 19.4 Å². The topological polar surface area (TPSA) is 93.4 Å². The highest BCUT2D eigenvalue weighted by atomic mass is 16.5. The van der Waals surface area contributed by atoms with Crippen molar-refractivity contribution < 1.29 is 9.53 Å². The third-order valence-corrected chi connectivity index (χ3v) is 5.90. The number of benzene rings is 2. The number of rotatable bonds is 5. The monoisotopic (exact) mass is 474 g/mol. The van der Waals surface area contributed by atoms with E-state index in [9.17, 15) is 4.79 Å². The molecule has 5 aromatic rings. The first-order valence-corrected chi connectivity index (χ1v) is 11.7. The lowest BCUT2D eigenvalue weighted by atomic mass is 10.1. The fourth-order valence-electron chi connectivity index (χ4n) is 3.85. The highest BCUT2D eigenvalue weighted by molar-refractivity contribution is 6.05. The minimum atomic E-state index is -0.314. The first kappa shape index (κ1) is 21.6. The Morgan fingerprint density at radius 1 is 1.03 bits per heavy atom. The molecule has 2 N–H and O–H groups in total. The van der Waals surface area contributed by atoms with E-state index in [1.54, 1.807) is 6.20 Å². The van der Waals surface area contributed by atoms with E-state index < -0.39 is 0 Å². The van der Waals surface area contributed by atoms with Crippen LogP contribution in [0.15, 0.2) is 73.4 Å². The summed E-state index contributed by atoms with van der Waals surface area (Å²) in [4.78, 5) is 25.2. The average Bonchev–Trinajstić information content (AvgIpc) is 3.60. The summed E-state index contributed by atoms with van der Waals surface area (Å²) in [5.41, 5.74) is 4.05. The van der Waals surface area contributed by atoms with Crippen LogP contribution in [-0.2, 0) is 4.79 Å². The van der Waals surface area contributed by atoms with Gasteiger partial charge in [-0.25, -0.2) is 15.0 Å². The van der Waals surface area contributed by atoms with E-state index in [0.29, 0.717) is 17.4 Å². The Morgan fingerprint density at radius 2 is 1.92 bits per heavy atom. The van der Waals surface area contributed by atoms with Crippen LogP contribution >= 0.6 is 0 Å². The molecular formula is C28H22N6O2. The second-order valence-electron chi connectivity index (χ2n) is 8.71. The number of aromatic nitrogens is 4. The van der Waals surface area contributed by atoms with E-state index in [0.717, 1.165) is 52.1 Å². The van der Waals surface area contributed by atoms with Gasteiger partial charge in [0.05, 0.1) is 5.52 Å². The van der Waals surface area contributed by atoms with Crippen molar-refractivity contribution in [1.29, 1.82) is 0 Å². The molecule has 1 aliphatic rings. The zero-order valence-electron chi connectivity index (χ0n) is 19.5. The van der Waals surface area contributed by atoms with Crippen LogP contribution in [0.2, 0.25) is 0 Å². The molecule has 1 fully saturated rings. The standard InChI is InChI=1S/C28H22N6O2/c1-18-14-20(6-8-25(18)36-22-10-12-34-13-11-29-26(34)16-22)33-28-23-15-21(5-7-24(23)30-17-31-28)32-27(35)9-4-19-2-3-19/h5-8,10-17,19H,2-3H2,1H3,(H,32,35)(H,30,31,33). The first-order valence-electron chi connectivity index (χ1n) is 11.7. The molecule has 0 bridgehead atoms. The number of hydrogen-bond donors (Lipinski definition) is 2. The molecule has 0 saturated heterocycles. The lowest BCUT2D eigenvalue weighted by Gasteiger charge is -2.13. The summed E-state index contributed by atoms with van der Waals surface area (Å²) in [5.74, 6) is 7.81. The maximum atomic E-state index is 12.2. The highest BCUT2D eigenvalue weighted by Gasteiger charge is 2.18. The zero-order chi connectivity index (χ0) is 24.5. The summed E-state index contributed by atoms with van der Waals surface area (Å²) in [6, 6.07) is 15.2. The second-order valence-corrected chi connectivity index (χ2v) is 8.71. The number of fused-ring (bicyclic) bond motifs is 2. The molecule has 2 aromatic carbocycles. The molecule has 1 amide bonds. The Morgan fingerprint density at radius 3 is 2.78 bits per heavy atom. The highest BCUT2D eigenvalue weighted by Crippen LogP contribution is 2.31. The van der Waals surface area contributed by atoms with Gasteiger partial charge in [-0.2, -0.15) is 0 Å². The van der Waals surface area contributed by atoms with Gasteiger partial charge in [0.2, 0.25) is 0 Å². The molecule has 1 aliphatic carbocycles. The molecule has 1 saturated carbocycles. The van der Waals surface area contributed by atoms with Gasteiger partial charge in [-0.15, -0.1) is 0 Å². The Hall–Kier alpha value is -4.90. The first-order chi connectivity index (χ1) is 17.6. The van der Waals surface area contributed by atoms with E-state index in [-0.39, 0.29) is 5.91 Å². The fourth-order valence-corrected chi connectivity index (χ4v) is 3.85. The third kappa shape index (κ3) is 4.68. The molecule has 0 atom stereocenters. The third-order valence-electron chi connectivity index (χ3n) is 5.90. The van der Waals surface area contributed by atoms with Gasteiger partial charge < -0.3 is 19.8 Å². The predicted octanol–water partition coefficient (Wildman–Crippen LogP) is 5.47. The number of nitrogens with zero attached hydrogens (tertiary/aromatic N) is 4. The molecule has 0 radical (unpaired) electrons. The van der Waals surface area contributed by atoms with Crippen LogP contribution in [0.4, 0.5) is 17.2 Å². The van der Waals surface area contributed by atoms with Gasteiger partial charge in [-0.3, -0.25) is 4.79 Å². The lowest BCUT2D eigenvalue weighted by molar-refractivity contribution is -0.111. The number of pyridine rings is 1. The summed E-state index contributed by atoms with van der Waals surface area (Å²) in [6.07, 6.45) is 9.23. The van der Waals surface area contributed by atoms with Crippen LogP contribution in [-0.4, -0.2) is 25.3 Å². The molecule has 6 rings (SSSR count). The van der Waals surface area contributed by atoms with Crippen LogP contribution in [0.1, 0.15) is 18.4 Å². The summed E-state index contributed by atoms with van der Waals surface area (Å²) < 4.78 is 8.02. The molecule has 176 valence electrons. The Balaban J connectivity index is 1.21. The van der Waals surface area contributed by atoms with Crippen molar-refractivity contribution in [2.24, 2.45) is 5.92 Å². The number of imidazole rings is 1. The number of carbonyl (C=O) groups excluding carboxylic acids is 1. The molecule has 3 heterocycles. The van der Waals surface area contributed by atoms with Crippen molar-refractivity contribution >= 4 is 39.6 Å². The second kappa shape index (κ2) is 9.04. The van der Waals surface area contributed by atoms with Crippen molar-refractivity contribution in [2.45, 2.75) is 19.8 Å². The lowest BCUT2D eigenvalue weighted by Crippen LogP contribution is -2.08. The molecule has 0 spiro atoms. The number of hydrogen-bond acceptors (Lipinski definition) is 6. The maximum absolute atomic E-state index is 12.2. The fraction of sp³-hybridized carbons (Fsp3) is 0.143. The van der Waals surface area contributed by atoms with E-state index in [2.05, 4.69) is 37.4 Å². The molecule has 3 aromatic heterocycles. The summed E-state index contributed by atoms with van der Waals surface area (Å²) in [7, 11) is 0. The number of nitrogens with one attached hydrogen (secondary N) is 2. The van der Waals surface area contributed by atoms with Crippen molar-refractivity contribution in [3.63, 3.8) is 0 Å². The number of anilines is 3. The largest absolute Gasteiger partial charge is 0.457 e. The molecule has 0 aliphatic heterocycles. The number of amides is 1. The normalized spacial score (nSPS) is 12.7. The van der Waals surface area contributed by atoms with E-state index in [1.165, 1.54) is 6.33 Å². The molecular weight excluding hydrogens is 452 g/mol. The van der Waals surface area contributed by atoms with Gasteiger partial charge in [-0.1, -0.05) is 5.92 Å². The Bertz CT molecular complexity index is 1680. The van der Waals surface area contributed by atoms with E-state index >= 15 is 0 Å². The predicted molar refractivity (Wildman–Crippen MR) is 138 cm³/mol. The van der Waals surface area contributed by atoms with Crippen LogP contribution in [0.25, 0.3) is 16.6 Å². The molecule has 8 nitrogen and oxygen atoms in total. The van der Waals surface area contributed by atoms with Crippen LogP contribution in [0, 0.1) is 24.7 Å². The minimum absolute atomic E-state index is 0.314. The van der Waals surface area contributed by atoms with Gasteiger partial charge in [0.1, 0.15) is 29.3 Å². The van der Waals surface area contributed by atoms with Crippen LogP contribution in [0.5, 0.6) is 11.5 Å². The molecule has 8 heteroatoms. The van der Waals surface area contributed by atoms with Crippen molar-refractivity contribution in [3.05, 3.63) is 79.0 Å². The van der Waals surface area contributed by atoms with Crippen molar-refractivity contribution in [3.8, 4) is 23.3 Å². The summed E-state index contributed by atoms with van der Waals surface area (Å²) in [5, 5.41) is 7.00. The smallest absolute Gasteiger partial charge is 0.300 e. The van der Waals surface area contributed by atoms with Gasteiger partial charge in [0, 0.05) is 47.3 Å². The zero-order valence-corrected chi connectivity index (χ0v) is 19.5. The number of carbonyl (C=O) groups is 1. The summed E-state index contributed by atoms with van der Waals surface area (Å²) >= 11 is 0. The Kier molecular flexibility index (Phi) is 5.43. The van der Waals surface area contributed by atoms with Crippen LogP contribution < -0.4 is 15.4 Å². The summed E-state index contributed by atoms with van der Waals surface area (Å²) in [6.45, 7) is 1.99. The van der Waals surface area contributed by atoms with Gasteiger partial charge in [0.25, 0.3) is 5.91 Å². The SMILES string of the molecule is Cc1cc(Nc2ncnc3ccc(NC(=O)C#CC4CC4)cc23)ccc1Oc1ccn2ccnc2c1. The van der Waals surface area contributed by atoms with Gasteiger partial charge in [0.15, 0.2) is 0 Å². The van der Waals surface area contributed by atoms with E-state index in [1.807, 2.05) is 72.2 Å². The van der Waals surface area contributed by atoms with Crippen molar-refractivity contribution in [2.75, 3.05) is 10.6 Å². The van der Waals surface area contributed by atoms with E-state index in [4.69, 9.17) is 4.74 Å².